The number of aliphatic hydroxyl groups is 1. The molecule has 0 saturated heterocycles. The number of amides is 1. The zero-order chi connectivity index (χ0) is 14.3. The summed E-state index contributed by atoms with van der Waals surface area (Å²) in [5.41, 5.74) is 6.08. The highest BCUT2D eigenvalue weighted by Crippen LogP contribution is 2.10. The lowest BCUT2D eigenvalue weighted by Gasteiger charge is -2.14. The van der Waals surface area contributed by atoms with E-state index in [-0.39, 0.29) is 13.2 Å². The standard InChI is InChI=1S/C13H18N2O4/c1-2-19-13(18)11(14)12(17)15-8-10(16)9-6-4-3-5-7-9/h3-7,10-11,16H,2,8,14H2,1H3,(H,15,17). The maximum Gasteiger partial charge on any atom is 0.332 e. The van der Waals surface area contributed by atoms with Crippen LogP contribution in [0.15, 0.2) is 30.3 Å². The molecule has 0 aliphatic heterocycles. The number of carbonyl (C=O) groups excluding carboxylic acids is 2. The number of hydrogen-bond donors (Lipinski definition) is 3. The number of aliphatic hydroxyl groups excluding tert-OH is 1. The average molecular weight is 266 g/mol. The summed E-state index contributed by atoms with van der Waals surface area (Å²) >= 11 is 0. The minimum absolute atomic E-state index is 0.0179. The van der Waals surface area contributed by atoms with Gasteiger partial charge in [0, 0.05) is 6.54 Å². The van der Waals surface area contributed by atoms with E-state index < -0.39 is 24.0 Å². The Hall–Kier alpha value is -1.92. The predicted octanol–water partition coefficient (Wildman–Crippen LogP) is -0.273. The molecule has 0 saturated carbocycles. The van der Waals surface area contributed by atoms with Gasteiger partial charge in [-0.2, -0.15) is 0 Å². The van der Waals surface area contributed by atoms with Gasteiger partial charge in [-0.3, -0.25) is 4.79 Å². The lowest BCUT2D eigenvalue weighted by Crippen LogP contribution is -2.47. The van der Waals surface area contributed by atoms with Gasteiger partial charge in [-0.05, 0) is 12.5 Å². The van der Waals surface area contributed by atoms with Crippen LogP contribution in [0, 0.1) is 0 Å². The average Bonchev–Trinajstić information content (AvgIpc) is 2.44. The van der Waals surface area contributed by atoms with Gasteiger partial charge >= 0.3 is 5.97 Å². The summed E-state index contributed by atoms with van der Waals surface area (Å²) in [5, 5.41) is 12.2. The molecule has 4 N–H and O–H groups in total. The van der Waals surface area contributed by atoms with Gasteiger partial charge in [-0.25, -0.2) is 4.79 Å². The molecule has 0 aliphatic rings. The normalized spacial score (nSPS) is 13.4. The van der Waals surface area contributed by atoms with E-state index in [1.54, 1.807) is 31.2 Å². The molecular formula is C13H18N2O4. The molecule has 6 nitrogen and oxygen atoms in total. The highest BCUT2D eigenvalue weighted by Gasteiger charge is 2.23. The molecule has 19 heavy (non-hydrogen) atoms. The second-order valence-electron chi connectivity index (χ2n) is 3.90. The number of nitrogens with one attached hydrogen (secondary N) is 1. The molecule has 1 rings (SSSR count). The zero-order valence-corrected chi connectivity index (χ0v) is 10.7. The fourth-order valence-corrected chi connectivity index (χ4v) is 1.44. The molecule has 0 spiro atoms. The van der Waals surface area contributed by atoms with Crippen molar-refractivity contribution in [3.05, 3.63) is 35.9 Å². The first-order chi connectivity index (χ1) is 9.06. The van der Waals surface area contributed by atoms with Gasteiger partial charge in [0.05, 0.1) is 12.7 Å². The van der Waals surface area contributed by atoms with Gasteiger partial charge in [0.15, 0.2) is 6.04 Å². The van der Waals surface area contributed by atoms with Gasteiger partial charge in [0.2, 0.25) is 5.91 Å². The van der Waals surface area contributed by atoms with E-state index in [4.69, 9.17) is 5.73 Å². The molecule has 0 bridgehead atoms. The maximum absolute atomic E-state index is 11.5. The van der Waals surface area contributed by atoms with E-state index in [1.807, 2.05) is 6.07 Å². The number of carbonyl (C=O) groups is 2. The fraction of sp³-hybridized carbons (Fsp3) is 0.385. The predicted molar refractivity (Wildman–Crippen MR) is 69.0 cm³/mol. The third kappa shape index (κ3) is 4.69. The van der Waals surface area contributed by atoms with Crippen molar-refractivity contribution in [2.45, 2.75) is 19.1 Å². The van der Waals surface area contributed by atoms with Crippen molar-refractivity contribution >= 4 is 11.9 Å². The number of rotatable bonds is 6. The van der Waals surface area contributed by atoms with Crippen LogP contribution in [-0.2, 0) is 14.3 Å². The van der Waals surface area contributed by atoms with Crippen molar-refractivity contribution in [2.24, 2.45) is 5.73 Å². The molecule has 0 heterocycles. The number of benzene rings is 1. The molecule has 1 aromatic rings. The Morgan fingerprint density at radius 2 is 2.00 bits per heavy atom. The van der Waals surface area contributed by atoms with Crippen LogP contribution in [0.3, 0.4) is 0 Å². The smallest absolute Gasteiger partial charge is 0.332 e. The SMILES string of the molecule is CCOC(=O)C(N)C(=O)NCC(O)c1ccccc1. The summed E-state index contributed by atoms with van der Waals surface area (Å²) in [6.45, 7) is 1.77. The van der Waals surface area contributed by atoms with Crippen LogP contribution in [0.1, 0.15) is 18.6 Å². The molecule has 2 atom stereocenters. The Bertz CT molecular complexity index is 422. The molecule has 1 aromatic carbocycles. The molecule has 0 fully saturated rings. The fourth-order valence-electron chi connectivity index (χ4n) is 1.44. The Kier molecular flexibility index (Phi) is 5.98. The van der Waals surface area contributed by atoms with E-state index in [9.17, 15) is 14.7 Å². The van der Waals surface area contributed by atoms with Crippen LogP contribution in [0.4, 0.5) is 0 Å². The molecule has 6 heteroatoms. The van der Waals surface area contributed by atoms with Gasteiger partial charge < -0.3 is 20.9 Å². The Balaban J connectivity index is 2.44. The van der Waals surface area contributed by atoms with Crippen LogP contribution in [0.2, 0.25) is 0 Å². The van der Waals surface area contributed by atoms with Crippen molar-refractivity contribution in [1.29, 1.82) is 0 Å². The second-order valence-corrected chi connectivity index (χ2v) is 3.90. The first-order valence-electron chi connectivity index (χ1n) is 5.99. The molecule has 0 aliphatic carbocycles. The third-order valence-corrected chi connectivity index (χ3v) is 2.48. The highest BCUT2D eigenvalue weighted by atomic mass is 16.5. The number of ether oxygens (including phenoxy) is 1. The lowest BCUT2D eigenvalue weighted by atomic mass is 10.1. The summed E-state index contributed by atoms with van der Waals surface area (Å²) in [6, 6.07) is 7.49. The van der Waals surface area contributed by atoms with E-state index in [2.05, 4.69) is 10.1 Å². The molecule has 104 valence electrons. The Morgan fingerprint density at radius 1 is 1.37 bits per heavy atom. The van der Waals surface area contributed by atoms with E-state index in [0.29, 0.717) is 5.56 Å². The van der Waals surface area contributed by atoms with E-state index >= 15 is 0 Å². The number of nitrogens with two attached hydrogens (primary N) is 1. The minimum Gasteiger partial charge on any atom is -0.464 e. The van der Waals surface area contributed by atoms with E-state index in [0.717, 1.165) is 0 Å². The first-order valence-corrected chi connectivity index (χ1v) is 5.99. The molecule has 2 unspecified atom stereocenters. The van der Waals surface area contributed by atoms with Gasteiger partial charge in [0.1, 0.15) is 0 Å². The monoisotopic (exact) mass is 266 g/mol. The van der Waals surface area contributed by atoms with Crippen molar-refractivity contribution in [3.8, 4) is 0 Å². The summed E-state index contributed by atoms with van der Waals surface area (Å²) in [5.74, 6) is -1.46. The summed E-state index contributed by atoms with van der Waals surface area (Å²) in [4.78, 5) is 22.8. The summed E-state index contributed by atoms with van der Waals surface area (Å²) in [6.07, 6.45) is -0.848. The van der Waals surface area contributed by atoms with Crippen LogP contribution < -0.4 is 11.1 Å². The molecule has 0 radical (unpaired) electrons. The summed E-state index contributed by atoms with van der Waals surface area (Å²) < 4.78 is 4.63. The molecule has 0 aromatic heterocycles. The van der Waals surface area contributed by atoms with Crippen molar-refractivity contribution in [2.75, 3.05) is 13.2 Å². The highest BCUT2D eigenvalue weighted by molar-refractivity contribution is 6.01. The Morgan fingerprint density at radius 3 is 2.58 bits per heavy atom. The third-order valence-electron chi connectivity index (χ3n) is 2.48. The van der Waals surface area contributed by atoms with Gasteiger partial charge in [-0.1, -0.05) is 30.3 Å². The molecule has 1 amide bonds. The van der Waals surface area contributed by atoms with Crippen LogP contribution >= 0.6 is 0 Å². The van der Waals surface area contributed by atoms with Crippen LogP contribution in [0.25, 0.3) is 0 Å². The quantitative estimate of drug-likeness (QED) is 0.486. The van der Waals surface area contributed by atoms with Gasteiger partial charge in [0.25, 0.3) is 0 Å². The van der Waals surface area contributed by atoms with Crippen molar-refractivity contribution < 1.29 is 19.4 Å². The first kappa shape index (κ1) is 15.1. The van der Waals surface area contributed by atoms with Crippen molar-refractivity contribution in [1.82, 2.24) is 5.32 Å². The number of esters is 1. The second kappa shape index (κ2) is 7.50. The Labute approximate surface area is 111 Å². The molecular weight excluding hydrogens is 248 g/mol. The van der Waals surface area contributed by atoms with Crippen molar-refractivity contribution in [3.63, 3.8) is 0 Å². The summed E-state index contributed by atoms with van der Waals surface area (Å²) in [7, 11) is 0. The largest absolute Gasteiger partial charge is 0.464 e. The lowest BCUT2D eigenvalue weighted by molar-refractivity contribution is -0.148. The maximum atomic E-state index is 11.5. The van der Waals surface area contributed by atoms with E-state index in [1.165, 1.54) is 0 Å². The zero-order valence-electron chi connectivity index (χ0n) is 10.7. The topological polar surface area (TPSA) is 102 Å². The van der Waals surface area contributed by atoms with Crippen LogP contribution in [-0.4, -0.2) is 36.2 Å². The number of hydrogen-bond acceptors (Lipinski definition) is 5. The van der Waals surface area contributed by atoms with Gasteiger partial charge in [-0.15, -0.1) is 0 Å². The van der Waals surface area contributed by atoms with Crippen LogP contribution in [0.5, 0.6) is 0 Å². The minimum atomic E-state index is -1.37.